The minimum Gasteiger partial charge on any atom is -0.492 e. The van der Waals surface area contributed by atoms with Crippen LogP contribution in [0.5, 0.6) is 5.75 Å². The number of nitrogens with one attached hydrogen (secondary N) is 1. The van der Waals surface area contributed by atoms with E-state index in [0.29, 0.717) is 17.3 Å². The van der Waals surface area contributed by atoms with E-state index in [1.54, 1.807) is 0 Å². The van der Waals surface area contributed by atoms with E-state index in [0.717, 1.165) is 38.4 Å². The topological polar surface area (TPSA) is 71.1 Å². The molecule has 10 heteroatoms. The Morgan fingerprint density at radius 2 is 2.03 bits per heavy atom. The van der Waals surface area contributed by atoms with Crippen molar-refractivity contribution in [2.24, 2.45) is 5.92 Å². The maximum atomic E-state index is 12.5. The van der Waals surface area contributed by atoms with Gasteiger partial charge in [0, 0.05) is 39.1 Å². The molecule has 0 saturated carbocycles. The SMILES string of the molecule is O=C(NCc1cccc(OCCN2CCOCC2)c1)C1CC(=O)N(CC(F)(F)F)C1. The molecule has 2 heterocycles. The van der Waals surface area contributed by atoms with E-state index in [-0.39, 0.29) is 19.5 Å². The monoisotopic (exact) mass is 429 g/mol. The number of amides is 2. The Labute approximate surface area is 173 Å². The average molecular weight is 429 g/mol. The second kappa shape index (κ2) is 10.1. The molecule has 2 amide bonds. The molecule has 1 aromatic rings. The molecule has 30 heavy (non-hydrogen) atoms. The van der Waals surface area contributed by atoms with Crippen molar-refractivity contribution >= 4 is 11.8 Å². The Kier molecular flexibility index (Phi) is 7.54. The number of morpholine rings is 1. The molecule has 0 spiro atoms. The predicted octanol–water partition coefficient (Wildman–Crippen LogP) is 1.42. The summed E-state index contributed by atoms with van der Waals surface area (Å²) in [7, 11) is 0. The number of rotatable bonds is 8. The van der Waals surface area contributed by atoms with Crippen molar-refractivity contribution in [2.45, 2.75) is 19.1 Å². The fourth-order valence-corrected chi connectivity index (χ4v) is 3.51. The van der Waals surface area contributed by atoms with Crippen molar-refractivity contribution in [3.63, 3.8) is 0 Å². The van der Waals surface area contributed by atoms with Gasteiger partial charge >= 0.3 is 6.18 Å². The summed E-state index contributed by atoms with van der Waals surface area (Å²) in [5, 5.41) is 2.70. The first-order valence-electron chi connectivity index (χ1n) is 9.94. The highest BCUT2D eigenvalue weighted by atomic mass is 19.4. The molecule has 0 radical (unpaired) electrons. The molecular weight excluding hydrogens is 403 g/mol. The summed E-state index contributed by atoms with van der Waals surface area (Å²) >= 11 is 0. The third kappa shape index (κ3) is 6.88. The van der Waals surface area contributed by atoms with Crippen molar-refractivity contribution in [2.75, 3.05) is 52.5 Å². The van der Waals surface area contributed by atoms with Crippen molar-refractivity contribution in [1.82, 2.24) is 15.1 Å². The van der Waals surface area contributed by atoms with Crippen LogP contribution in [0, 0.1) is 5.92 Å². The fourth-order valence-electron chi connectivity index (χ4n) is 3.51. The number of likely N-dealkylation sites (tertiary alicyclic amines) is 1. The lowest BCUT2D eigenvalue weighted by Gasteiger charge is -2.26. The van der Waals surface area contributed by atoms with Crippen LogP contribution in [-0.4, -0.2) is 80.3 Å². The van der Waals surface area contributed by atoms with Gasteiger partial charge in [-0.2, -0.15) is 13.2 Å². The first-order chi connectivity index (χ1) is 14.3. The fraction of sp³-hybridized carbons (Fsp3) is 0.600. The summed E-state index contributed by atoms with van der Waals surface area (Å²) in [6.07, 6.45) is -4.67. The third-order valence-electron chi connectivity index (χ3n) is 5.10. The zero-order valence-electron chi connectivity index (χ0n) is 16.6. The Morgan fingerprint density at radius 1 is 1.27 bits per heavy atom. The summed E-state index contributed by atoms with van der Waals surface area (Å²) in [5.41, 5.74) is 0.809. The molecule has 2 fully saturated rings. The number of nitrogens with zero attached hydrogens (tertiary/aromatic N) is 2. The molecule has 1 unspecified atom stereocenters. The molecule has 0 aliphatic carbocycles. The van der Waals surface area contributed by atoms with Crippen LogP contribution in [0.4, 0.5) is 13.2 Å². The molecule has 1 N–H and O–H groups in total. The lowest BCUT2D eigenvalue weighted by Crippen LogP contribution is -2.38. The molecule has 1 aromatic carbocycles. The smallest absolute Gasteiger partial charge is 0.406 e. The molecule has 3 rings (SSSR count). The highest BCUT2D eigenvalue weighted by Crippen LogP contribution is 2.24. The third-order valence-corrected chi connectivity index (χ3v) is 5.10. The van der Waals surface area contributed by atoms with Crippen LogP contribution in [0.3, 0.4) is 0 Å². The van der Waals surface area contributed by atoms with E-state index in [2.05, 4.69) is 10.2 Å². The van der Waals surface area contributed by atoms with E-state index in [1.165, 1.54) is 0 Å². The number of hydrogen-bond acceptors (Lipinski definition) is 5. The van der Waals surface area contributed by atoms with Gasteiger partial charge in [-0.05, 0) is 17.7 Å². The number of halogens is 3. The van der Waals surface area contributed by atoms with Gasteiger partial charge in [0.15, 0.2) is 0 Å². The number of benzene rings is 1. The van der Waals surface area contributed by atoms with Gasteiger partial charge in [0.1, 0.15) is 18.9 Å². The molecule has 1 atom stereocenters. The Hall–Kier alpha value is -2.33. The van der Waals surface area contributed by atoms with Gasteiger partial charge in [-0.1, -0.05) is 12.1 Å². The molecule has 0 bridgehead atoms. The zero-order chi connectivity index (χ0) is 21.6. The second-order valence-corrected chi connectivity index (χ2v) is 7.46. The van der Waals surface area contributed by atoms with Crippen LogP contribution in [0.25, 0.3) is 0 Å². The standard InChI is InChI=1S/C20H26F3N3O4/c21-20(22,23)14-26-13-16(11-18(26)27)19(28)24-12-15-2-1-3-17(10-15)30-9-6-25-4-7-29-8-5-25/h1-3,10,16H,4-9,11-14H2,(H,24,28). The first kappa shape index (κ1) is 22.4. The predicted molar refractivity (Wildman–Crippen MR) is 102 cm³/mol. The van der Waals surface area contributed by atoms with Crippen molar-refractivity contribution < 1.29 is 32.2 Å². The number of alkyl halides is 3. The minimum absolute atomic E-state index is 0.202. The average Bonchev–Trinajstić information content (AvgIpc) is 3.06. The maximum Gasteiger partial charge on any atom is 0.406 e. The number of ether oxygens (including phenoxy) is 2. The van der Waals surface area contributed by atoms with Crippen molar-refractivity contribution in [3.8, 4) is 5.75 Å². The van der Waals surface area contributed by atoms with E-state index in [1.807, 2.05) is 24.3 Å². The summed E-state index contributed by atoms with van der Waals surface area (Å²) in [5.74, 6) is -1.16. The highest BCUT2D eigenvalue weighted by Gasteiger charge is 2.40. The van der Waals surface area contributed by atoms with Gasteiger partial charge < -0.3 is 19.7 Å². The molecular formula is C20H26F3N3O4. The van der Waals surface area contributed by atoms with E-state index in [4.69, 9.17) is 9.47 Å². The number of carbonyl (C=O) groups excluding carboxylic acids is 2. The van der Waals surface area contributed by atoms with E-state index < -0.39 is 30.5 Å². The van der Waals surface area contributed by atoms with E-state index in [9.17, 15) is 22.8 Å². The van der Waals surface area contributed by atoms with Gasteiger partial charge in [0.2, 0.25) is 11.8 Å². The highest BCUT2D eigenvalue weighted by molar-refractivity contribution is 5.89. The van der Waals surface area contributed by atoms with Crippen LogP contribution >= 0.6 is 0 Å². The number of hydrogen-bond donors (Lipinski definition) is 1. The molecule has 0 aromatic heterocycles. The van der Waals surface area contributed by atoms with Gasteiger partial charge in [-0.3, -0.25) is 14.5 Å². The Morgan fingerprint density at radius 3 is 2.77 bits per heavy atom. The van der Waals surface area contributed by atoms with E-state index >= 15 is 0 Å². The summed E-state index contributed by atoms with van der Waals surface area (Å²) in [6, 6.07) is 7.28. The summed E-state index contributed by atoms with van der Waals surface area (Å²) < 4.78 is 48.6. The summed E-state index contributed by atoms with van der Waals surface area (Å²) in [6.45, 7) is 3.26. The molecule has 166 valence electrons. The first-order valence-corrected chi connectivity index (χ1v) is 9.94. The van der Waals surface area contributed by atoms with Crippen molar-refractivity contribution in [1.29, 1.82) is 0 Å². The van der Waals surface area contributed by atoms with Crippen LogP contribution < -0.4 is 10.1 Å². The van der Waals surface area contributed by atoms with Crippen LogP contribution in [0.2, 0.25) is 0 Å². The van der Waals surface area contributed by atoms with Gasteiger partial charge in [0.25, 0.3) is 0 Å². The number of carbonyl (C=O) groups is 2. The lowest BCUT2D eigenvalue weighted by molar-refractivity contribution is -0.157. The van der Waals surface area contributed by atoms with Crippen LogP contribution in [-0.2, 0) is 20.9 Å². The molecule has 2 aliphatic heterocycles. The van der Waals surface area contributed by atoms with Crippen LogP contribution in [0.1, 0.15) is 12.0 Å². The van der Waals surface area contributed by atoms with Crippen LogP contribution in [0.15, 0.2) is 24.3 Å². The van der Waals surface area contributed by atoms with Gasteiger partial charge in [-0.25, -0.2) is 0 Å². The van der Waals surface area contributed by atoms with Crippen molar-refractivity contribution in [3.05, 3.63) is 29.8 Å². The summed E-state index contributed by atoms with van der Waals surface area (Å²) in [4.78, 5) is 27.0. The molecule has 2 saturated heterocycles. The largest absolute Gasteiger partial charge is 0.492 e. The maximum absolute atomic E-state index is 12.5. The molecule has 7 nitrogen and oxygen atoms in total. The minimum atomic E-state index is -4.47. The van der Waals surface area contributed by atoms with Gasteiger partial charge in [-0.15, -0.1) is 0 Å². The quantitative estimate of drug-likeness (QED) is 0.677. The second-order valence-electron chi connectivity index (χ2n) is 7.46. The lowest BCUT2D eigenvalue weighted by atomic mass is 10.1. The Bertz CT molecular complexity index is 738. The normalized spacial score (nSPS) is 20.4. The molecule has 2 aliphatic rings. The van der Waals surface area contributed by atoms with Gasteiger partial charge in [0.05, 0.1) is 19.1 Å². The Balaban J connectivity index is 1.42. The zero-order valence-corrected chi connectivity index (χ0v) is 16.6.